The molecule has 2 heterocycles. The molecular formula is C25H21ClFN3O4. The number of carbonyl (C=O) groups excluding carboxylic acids is 1. The normalized spacial score (nSPS) is 23.7. The average Bonchev–Trinajstić information content (AvgIpc) is 3.28. The zero-order valence-corrected chi connectivity index (χ0v) is 19.0. The Morgan fingerprint density at radius 3 is 2.74 bits per heavy atom. The molecule has 1 fully saturated rings. The van der Waals surface area contributed by atoms with Crippen molar-refractivity contribution in [1.29, 1.82) is 0 Å². The molecule has 0 saturated carbocycles. The van der Waals surface area contributed by atoms with E-state index >= 15 is 0 Å². The second-order valence-corrected chi connectivity index (χ2v) is 9.00. The van der Waals surface area contributed by atoms with Crippen molar-refractivity contribution in [3.05, 3.63) is 104 Å². The van der Waals surface area contributed by atoms with E-state index in [1.165, 1.54) is 12.1 Å². The number of nitrogens with one attached hydrogen (secondary N) is 1. The van der Waals surface area contributed by atoms with E-state index in [4.69, 9.17) is 16.3 Å². The molecule has 3 atom stereocenters. The molecule has 174 valence electrons. The number of ether oxygens (including phenoxy) is 1. The highest BCUT2D eigenvalue weighted by atomic mass is 35.5. The standard InChI is InChI=1S/C25H21ClFN3O4/c1-29-13-18(23(30(32)33)25(29)19-7-2-3-8-21(19)28-24(25)31)16-9-10-22(20(26)12-16)34-14-15-5-4-6-17(27)11-15/h2-12,18,23H,13-14H2,1H3,(H,28,31)/t18-,23-,25-/m1/s1. The molecule has 1 amide bonds. The second kappa shape index (κ2) is 8.38. The highest BCUT2D eigenvalue weighted by Crippen LogP contribution is 2.52. The van der Waals surface area contributed by atoms with Gasteiger partial charge in [-0.25, -0.2) is 4.39 Å². The van der Waals surface area contributed by atoms with E-state index in [0.29, 0.717) is 34.7 Å². The zero-order chi connectivity index (χ0) is 24.0. The number of nitro groups is 1. The number of benzene rings is 3. The molecule has 0 radical (unpaired) electrons. The highest BCUT2D eigenvalue weighted by molar-refractivity contribution is 6.32. The monoisotopic (exact) mass is 481 g/mol. The van der Waals surface area contributed by atoms with E-state index in [-0.39, 0.29) is 22.4 Å². The van der Waals surface area contributed by atoms with Gasteiger partial charge in [-0.05, 0) is 48.5 Å². The third-order valence-corrected chi connectivity index (χ3v) is 7.00. The topological polar surface area (TPSA) is 84.7 Å². The number of para-hydroxylation sites is 1. The van der Waals surface area contributed by atoms with Gasteiger partial charge in [0.2, 0.25) is 0 Å². The number of likely N-dealkylation sites (tertiary alicyclic amines) is 1. The van der Waals surface area contributed by atoms with Gasteiger partial charge in [-0.2, -0.15) is 0 Å². The molecule has 1 spiro atoms. The lowest BCUT2D eigenvalue weighted by atomic mass is 9.79. The Morgan fingerprint density at radius 2 is 2.00 bits per heavy atom. The van der Waals surface area contributed by atoms with Gasteiger partial charge >= 0.3 is 0 Å². The van der Waals surface area contributed by atoms with E-state index in [2.05, 4.69) is 5.32 Å². The van der Waals surface area contributed by atoms with E-state index < -0.39 is 23.4 Å². The molecule has 0 bridgehead atoms. The zero-order valence-electron chi connectivity index (χ0n) is 18.2. The van der Waals surface area contributed by atoms with Gasteiger partial charge in [-0.1, -0.05) is 48.0 Å². The van der Waals surface area contributed by atoms with Crippen LogP contribution in [0, 0.1) is 15.9 Å². The number of rotatable bonds is 5. The number of fused-ring (bicyclic) bond motifs is 2. The smallest absolute Gasteiger partial charge is 0.256 e. The lowest BCUT2D eigenvalue weighted by Crippen LogP contribution is -2.54. The molecule has 5 rings (SSSR count). The van der Waals surface area contributed by atoms with Crippen molar-refractivity contribution in [2.45, 2.75) is 24.1 Å². The van der Waals surface area contributed by atoms with Crippen LogP contribution in [0.2, 0.25) is 5.02 Å². The van der Waals surface area contributed by atoms with Crippen molar-refractivity contribution in [2.75, 3.05) is 18.9 Å². The third-order valence-electron chi connectivity index (χ3n) is 6.71. The summed E-state index contributed by atoms with van der Waals surface area (Å²) in [6.07, 6.45) is 0. The summed E-state index contributed by atoms with van der Waals surface area (Å²) in [6, 6.07) is 17.0. The first-order chi connectivity index (χ1) is 16.3. The number of hydrogen-bond donors (Lipinski definition) is 1. The summed E-state index contributed by atoms with van der Waals surface area (Å²) in [5.74, 6) is -0.948. The molecule has 0 aliphatic carbocycles. The number of anilines is 1. The van der Waals surface area contributed by atoms with Crippen LogP contribution in [0.5, 0.6) is 5.75 Å². The van der Waals surface area contributed by atoms with Gasteiger partial charge in [0.15, 0.2) is 5.54 Å². The van der Waals surface area contributed by atoms with Gasteiger partial charge < -0.3 is 10.1 Å². The van der Waals surface area contributed by atoms with Crippen LogP contribution in [0.15, 0.2) is 66.7 Å². The maximum Gasteiger partial charge on any atom is 0.256 e. The molecule has 2 aliphatic rings. The highest BCUT2D eigenvalue weighted by Gasteiger charge is 2.68. The van der Waals surface area contributed by atoms with Gasteiger partial charge in [0.1, 0.15) is 18.2 Å². The maximum atomic E-state index is 13.4. The fourth-order valence-electron chi connectivity index (χ4n) is 5.23. The SMILES string of the molecule is CN1C[C@H](c2ccc(OCc3cccc(F)c3)c(Cl)c2)[C@@H]([N+](=O)[O-])[C@]12C(=O)Nc1ccccc12. The van der Waals surface area contributed by atoms with Crippen molar-refractivity contribution in [1.82, 2.24) is 4.90 Å². The molecule has 2 aliphatic heterocycles. The lowest BCUT2D eigenvalue weighted by molar-refractivity contribution is -0.534. The quantitative estimate of drug-likeness (QED) is 0.426. The largest absolute Gasteiger partial charge is 0.487 e. The predicted octanol–water partition coefficient (Wildman–Crippen LogP) is 4.58. The second-order valence-electron chi connectivity index (χ2n) is 8.59. The molecule has 0 unspecified atom stereocenters. The predicted molar refractivity (Wildman–Crippen MR) is 125 cm³/mol. The van der Waals surface area contributed by atoms with Crippen molar-refractivity contribution < 1.29 is 18.8 Å². The summed E-state index contributed by atoms with van der Waals surface area (Å²) in [5, 5.41) is 15.5. The maximum absolute atomic E-state index is 13.4. The van der Waals surface area contributed by atoms with E-state index in [1.54, 1.807) is 66.5 Å². The molecule has 1 N–H and O–H groups in total. The number of hydrogen-bond acceptors (Lipinski definition) is 5. The molecule has 3 aromatic rings. The Morgan fingerprint density at radius 1 is 1.21 bits per heavy atom. The molecular weight excluding hydrogens is 461 g/mol. The summed E-state index contributed by atoms with van der Waals surface area (Å²) < 4.78 is 19.1. The molecule has 3 aromatic carbocycles. The summed E-state index contributed by atoms with van der Waals surface area (Å²) in [4.78, 5) is 27.0. The van der Waals surface area contributed by atoms with Crippen molar-refractivity contribution in [3.8, 4) is 5.75 Å². The first-order valence-corrected chi connectivity index (χ1v) is 11.1. The average molecular weight is 482 g/mol. The minimum absolute atomic E-state index is 0.126. The Labute approximate surface area is 200 Å². The molecule has 1 saturated heterocycles. The lowest BCUT2D eigenvalue weighted by Gasteiger charge is -2.30. The molecule has 9 heteroatoms. The number of amides is 1. The molecule has 7 nitrogen and oxygen atoms in total. The van der Waals surface area contributed by atoms with Crippen LogP contribution in [0.1, 0.15) is 22.6 Å². The van der Waals surface area contributed by atoms with Crippen LogP contribution >= 0.6 is 11.6 Å². The molecule has 34 heavy (non-hydrogen) atoms. The van der Waals surface area contributed by atoms with Gasteiger partial charge in [-0.15, -0.1) is 0 Å². The number of likely N-dealkylation sites (N-methyl/N-ethyl adjacent to an activating group) is 1. The number of halogens is 2. The van der Waals surface area contributed by atoms with Gasteiger partial charge in [-0.3, -0.25) is 19.8 Å². The van der Waals surface area contributed by atoms with Crippen molar-refractivity contribution in [3.63, 3.8) is 0 Å². The van der Waals surface area contributed by atoms with Crippen LogP contribution in [0.25, 0.3) is 0 Å². The Bertz CT molecular complexity index is 1300. The summed E-state index contributed by atoms with van der Waals surface area (Å²) in [5.41, 5.74) is 1.08. The molecule has 0 aromatic heterocycles. The van der Waals surface area contributed by atoms with Crippen LogP contribution < -0.4 is 10.1 Å². The van der Waals surface area contributed by atoms with Gasteiger partial charge in [0, 0.05) is 22.7 Å². The van der Waals surface area contributed by atoms with Crippen molar-refractivity contribution >= 4 is 23.2 Å². The van der Waals surface area contributed by atoms with E-state index in [9.17, 15) is 19.3 Å². The van der Waals surface area contributed by atoms with Crippen molar-refractivity contribution in [2.24, 2.45) is 0 Å². The van der Waals surface area contributed by atoms with E-state index in [0.717, 1.165) is 0 Å². The number of carbonyl (C=O) groups is 1. The van der Waals surface area contributed by atoms with Crippen LogP contribution in [-0.4, -0.2) is 35.4 Å². The van der Waals surface area contributed by atoms with Crippen LogP contribution in [0.4, 0.5) is 10.1 Å². The van der Waals surface area contributed by atoms with Gasteiger partial charge in [0.05, 0.1) is 10.9 Å². The minimum Gasteiger partial charge on any atom is -0.487 e. The van der Waals surface area contributed by atoms with E-state index in [1.807, 2.05) is 0 Å². The Balaban J connectivity index is 1.46. The first kappa shape index (κ1) is 22.3. The van der Waals surface area contributed by atoms with Crippen LogP contribution in [0.3, 0.4) is 0 Å². The summed E-state index contributed by atoms with van der Waals surface area (Å²) in [6.45, 7) is 0.424. The van der Waals surface area contributed by atoms with Gasteiger partial charge in [0.25, 0.3) is 11.9 Å². The Kier molecular flexibility index (Phi) is 5.50. The fourth-order valence-corrected chi connectivity index (χ4v) is 5.48. The fraction of sp³-hybridized carbons (Fsp3) is 0.240. The van der Waals surface area contributed by atoms with Crippen LogP contribution in [-0.2, 0) is 16.9 Å². The third kappa shape index (κ3) is 3.41. The number of nitrogens with zero attached hydrogens (tertiary/aromatic N) is 2. The Hall–Kier alpha value is -3.49. The summed E-state index contributed by atoms with van der Waals surface area (Å²) in [7, 11) is 1.73. The minimum atomic E-state index is -1.41. The summed E-state index contributed by atoms with van der Waals surface area (Å²) >= 11 is 6.47. The first-order valence-electron chi connectivity index (χ1n) is 10.7.